The van der Waals surface area contributed by atoms with Crippen molar-refractivity contribution in [1.29, 1.82) is 0 Å². The predicted octanol–water partition coefficient (Wildman–Crippen LogP) is 4.10. The Balaban J connectivity index is 1.44. The topological polar surface area (TPSA) is 87.1 Å². The molecule has 0 bridgehead atoms. The van der Waals surface area contributed by atoms with Gasteiger partial charge in [-0.1, -0.05) is 54.6 Å². The molecule has 1 unspecified atom stereocenters. The Morgan fingerprint density at radius 3 is 2.62 bits per heavy atom. The summed E-state index contributed by atoms with van der Waals surface area (Å²) in [5.41, 5.74) is 0.788. The van der Waals surface area contributed by atoms with E-state index in [0.717, 1.165) is 22.9 Å². The lowest BCUT2D eigenvalue weighted by Gasteiger charge is -2.37. The number of carbonyl (C=O) groups excluding carboxylic acids is 3. The van der Waals surface area contributed by atoms with Crippen LogP contribution in [-0.4, -0.2) is 69.6 Å². The second kappa shape index (κ2) is 10.1. The number of benzene rings is 2. The number of nitrogens with zero attached hydrogens (tertiary/aromatic N) is 2. The van der Waals surface area contributed by atoms with Crippen molar-refractivity contribution >= 4 is 46.0 Å². The Hall–Kier alpha value is -3.10. The van der Waals surface area contributed by atoms with Crippen molar-refractivity contribution in [2.75, 3.05) is 31.2 Å². The van der Waals surface area contributed by atoms with Gasteiger partial charge in [0, 0.05) is 30.1 Å². The lowest BCUT2D eigenvalue weighted by atomic mass is 9.74. The highest BCUT2D eigenvalue weighted by molar-refractivity contribution is 8.02. The second-order valence-corrected chi connectivity index (χ2v) is 12.8. The van der Waals surface area contributed by atoms with E-state index in [4.69, 9.17) is 4.74 Å². The summed E-state index contributed by atoms with van der Waals surface area (Å²) < 4.78 is 4.06. The molecule has 4 aliphatic rings. The van der Waals surface area contributed by atoms with Gasteiger partial charge in [0.05, 0.1) is 23.2 Å². The SMILES string of the molecule is C[C@]12C=CCCOC(=O)[C@H]1[C@H]1C(=O)N(CCCCCO)C3C(=O)N(c4ccc5ccccc5c4)CC=C[C@@]31S2. The van der Waals surface area contributed by atoms with Crippen LogP contribution in [0, 0.1) is 11.8 Å². The molecule has 1 N–H and O–H groups in total. The van der Waals surface area contributed by atoms with Gasteiger partial charge < -0.3 is 19.6 Å². The van der Waals surface area contributed by atoms with Crippen LogP contribution in [0.15, 0.2) is 66.8 Å². The number of thioether (sulfide) groups is 1. The Morgan fingerprint density at radius 2 is 1.79 bits per heavy atom. The van der Waals surface area contributed by atoms with Crippen molar-refractivity contribution in [2.45, 2.75) is 48.1 Å². The maximum Gasteiger partial charge on any atom is 0.311 e. The fourth-order valence-corrected chi connectivity index (χ4v) is 9.03. The first-order chi connectivity index (χ1) is 18.9. The highest BCUT2D eigenvalue weighted by Crippen LogP contribution is 2.65. The molecule has 39 heavy (non-hydrogen) atoms. The number of amides is 2. The number of unbranched alkanes of at least 4 members (excludes halogenated alkanes) is 2. The van der Waals surface area contributed by atoms with Gasteiger partial charge in [-0.2, -0.15) is 0 Å². The standard InChI is InChI=1S/C31H34N2O5S/c1-30-14-5-8-19-38-29(37)25(30)24-27(35)33(16-6-2-7-18-34)26-28(36)32(17-9-15-31(24,26)39-30)23-13-12-21-10-3-4-11-22(21)20-23/h3-5,9-15,20,24-26,34H,2,6-8,16-19H2,1H3/t24-,25+,26?,30-,31-/m0/s1. The zero-order valence-corrected chi connectivity index (χ0v) is 22.9. The molecule has 2 fully saturated rings. The molecule has 0 aliphatic carbocycles. The molecule has 2 aromatic carbocycles. The van der Waals surface area contributed by atoms with Crippen LogP contribution in [0.25, 0.3) is 10.8 Å². The van der Waals surface area contributed by atoms with E-state index in [2.05, 4.69) is 6.08 Å². The monoisotopic (exact) mass is 546 g/mol. The minimum Gasteiger partial charge on any atom is -0.465 e. The lowest BCUT2D eigenvalue weighted by Crippen LogP contribution is -2.53. The third-order valence-electron chi connectivity index (χ3n) is 8.62. The van der Waals surface area contributed by atoms with Crippen molar-refractivity contribution < 1.29 is 24.2 Å². The minimum atomic E-state index is -0.885. The molecule has 0 saturated carbocycles. The molecule has 4 aliphatic heterocycles. The van der Waals surface area contributed by atoms with E-state index in [1.165, 1.54) is 0 Å². The Morgan fingerprint density at radius 1 is 0.974 bits per heavy atom. The number of carbonyl (C=O) groups is 3. The zero-order chi connectivity index (χ0) is 27.2. The van der Waals surface area contributed by atoms with Crippen molar-refractivity contribution in [2.24, 2.45) is 11.8 Å². The molecule has 2 saturated heterocycles. The van der Waals surface area contributed by atoms with Gasteiger partial charge in [0.25, 0.3) is 5.91 Å². The summed E-state index contributed by atoms with van der Waals surface area (Å²) >= 11 is 1.57. The number of fused-ring (bicyclic) bond motifs is 3. The van der Waals surface area contributed by atoms with E-state index in [1.807, 2.05) is 67.6 Å². The number of aliphatic hydroxyl groups is 1. The van der Waals surface area contributed by atoms with E-state index in [9.17, 15) is 19.5 Å². The lowest BCUT2D eigenvalue weighted by molar-refractivity contribution is -0.154. The van der Waals surface area contributed by atoms with Gasteiger partial charge in [-0.15, -0.1) is 11.8 Å². The zero-order valence-electron chi connectivity index (χ0n) is 22.1. The summed E-state index contributed by atoms with van der Waals surface area (Å²) in [5.74, 6) is -2.02. The van der Waals surface area contributed by atoms with Crippen molar-refractivity contribution in [3.63, 3.8) is 0 Å². The quantitative estimate of drug-likeness (QED) is 0.334. The second-order valence-electron chi connectivity index (χ2n) is 11.1. The Kier molecular flexibility index (Phi) is 6.79. The fraction of sp³-hybridized carbons (Fsp3) is 0.452. The van der Waals surface area contributed by atoms with Gasteiger partial charge >= 0.3 is 5.97 Å². The molecule has 8 heteroatoms. The van der Waals surface area contributed by atoms with E-state index in [0.29, 0.717) is 39.0 Å². The van der Waals surface area contributed by atoms with Crippen LogP contribution < -0.4 is 4.90 Å². The number of anilines is 1. The average molecular weight is 547 g/mol. The van der Waals surface area contributed by atoms with E-state index in [1.54, 1.807) is 21.6 Å². The van der Waals surface area contributed by atoms with Gasteiger partial charge in [0.2, 0.25) is 5.91 Å². The molecule has 7 nitrogen and oxygen atoms in total. The van der Waals surface area contributed by atoms with Crippen LogP contribution in [-0.2, 0) is 19.1 Å². The normalized spacial score (nSPS) is 31.9. The highest BCUT2D eigenvalue weighted by Gasteiger charge is 2.73. The van der Waals surface area contributed by atoms with Crippen LogP contribution in [0.4, 0.5) is 5.69 Å². The van der Waals surface area contributed by atoms with Crippen molar-refractivity contribution in [3.05, 3.63) is 66.8 Å². The number of hydrogen-bond donors (Lipinski definition) is 1. The smallest absolute Gasteiger partial charge is 0.311 e. The molecular formula is C31H34N2O5S. The molecule has 204 valence electrons. The molecule has 0 aromatic heterocycles. The summed E-state index contributed by atoms with van der Waals surface area (Å²) in [4.78, 5) is 45.7. The molecule has 1 spiro atoms. The van der Waals surface area contributed by atoms with Crippen LogP contribution in [0.3, 0.4) is 0 Å². The molecule has 2 amide bonds. The Bertz CT molecular complexity index is 1370. The van der Waals surface area contributed by atoms with Crippen LogP contribution in [0.5, 0.6) is 0 Å². The maximum absolute atomic E-state index is 14.6. The van der Waals surface area contributed by atoms with E-state index in [-0.39, 0.29) is 24.4 Å². The molecule has 5 atom stereocenters. The first-order valence-corrected chi connectivity index (χ1v) is 14.6. The summed E-state index contributed by atoms with van der Waals surface area (Å²) in [5, 5.41) is 11.4. The molecule has 2 aromatic rings. The fourth-order valence-electron chi connectivity index (χ4n) is 6.87. The van der Waals surface area contributed by atoms with E-state index < -0.39 is 27.4 Å². The van der Waals surface area contributed by atoms with Crippen molar-refractivity contribution in [3.8, 4) is 0 Å². The number of cyclic esters (lactones) is 1. The van der Waals surface area contributed by atoms with Crippen LogP contribution in [0.2, 0.25) is 0 Å². The highest BCUT2D eigenvalue weighted by atomic mass is 32.2. The summed E-state index contributed by atoms with van der Waals surface area (Å²) in [6.07, 6.45) is 10.8. The number of esters is 1. The van der Waals surface area contributed by atoms with Gasteiger partial charge in [-0.25, -0.2) is 0 Å². The molecule has 6 rings (SSSR count). The summed E-state index contributed by atoms with van der Waals surface area (Å²) in [7, 11) is 0. The first-order valence-electron chi connectivity index (χ1n) is 13.8. The summed E-state index contributed by atoms with van der Waals surface area (Å²) in [6, 6.07) is 13.3. The average Bonchev–Trinajstić information content (AvgIpc) is 3.24. The summed E-state index contributed by atoms with van der Waals surface area (Å²) in [6.45, 7) is 3.17. The van der Waals surface area contributed by atoms with Crippen LogP contribution >= 0.6 is 11.8 Å². The molecular weight excluding hydrogens is 512 g/mol. The number of aliphatic hydroxyl groups excluding tert-OH is 1. The number of likely N-dealkylation sites (tertiary alicyclic amines) is 1. The third-order valence-corrected chi connectivity index (χ3v) is 10.4. The number of ether oxygens (including phenoxy) is 1. The molecule has 0 radical (unpaired) electrons. The van der Waals surface area contributed by atoms with Crippen molar-refractivity contribution in [1.82, 2.24) is 4.90 Å². The van der Waals surface area contributed by atoms with E-state index >= 15 is 0 Å². The van der Waals surface area contributed by atoms with Gasteiger partial charge in [-0.3, -0.25) is 14.4 Å². The third kappa shape index (κ3) is 4.19. The van der Waals surface area contributed by atoms with Gasteiger partial charge in [-0.05, 0) is 55.5 Å². The maximum atomic E-state index is 14.6. The predicted molar refractivity (Wildman–Crippen MR) is 152 cm³/mol. The number of rotatable bonds is 6. The van der Waals surface area contributed by atoms with Gasteiger partial charge in [0.1, 0.15) is 6.04 Å². The van der Waals surface area contributed by atoms with Gasteiger partial charge in [0.15, 0.2) is 0 Å². The van der Waals surface area contributed by atoms with Crippen LogP contribution in [0.1, 0.15) is 32.6 Å². The first kappa shape index (κ1) is 26.1. The Labute approximate surface area is 232 Å². The number of hydrogen-bond acceptors (Lipinski definition) is 6. The largest absolute Gasteiger partial charge is 0.465 e. The minimum absolute atomic E-state index is 0.0931. The molecule has 4 heterocycles.